The van der Waals surface area contributed by atoms with E-state index < -0.39 is 5.97 Å². The van der Waals surface area contributed by atoms with Crippen LogP contribution in [-0.2, 0) is 0 Å². The van der Waals surface area contributed by atoms with Crippen LogP contribution in [-0.4, -0.2) is 11.1 Å². The molecule has 3 N–H and O–H groups in total. The summed E-state index contributed by atoms with van der Waals surface area (Å²) in [6, 6.07) is 1.52. The molecule has 13 heavy (non-hydrogen) atoms. The molecule has 1 aromatic carbocycles. The van der Waals surface area contributed by atoms with Crippen molar-refractivity contribution < 1.29 is 9.90 Å². The van der Waals surface area contributed by atoms with Gasteiger partial charge in [-0.25, -0.2) is 4.79 Å². The van der Waals surface area contributed by atoms with Crippen molar-refractivity contribution in [2.45, 2.75) is 0 Å². The number of carboxylic acid groups (broad SMARTS) is 1. The topological polar surface area (TPSA) is 63.3 Å². The van der Waals surface area contributed by atoms with Gasteiger partial charge in [0.05, 0.1) is 15.7 Å². The summed E-state index contributed by atoms with van der Waals surface area (Å²) in [5, 5.41) is 8.94. The molecule has 0 aliphatic heterocycles. The van der Waals surface area contributed by atoms with E-state index in [2.05, 4.69) is 0 Å². The number of anilines is 1. The van der Waals surface area contributed by atoms with Gasteiger partial charge in [0, 0.05) is 3.57 Å². The Kier molecular flexibility index (Phi) is 3.26. The Labute approximate surface area is 98.0 Å². The summed E-state index contributed by atoms with van der Waals surface area (Å²) in [5.41, 5.74) is 5.52. The number of carboxylic acids is 1. The fourth-order valence-electron chi connectivity index (χ4n) is 0.819. The average Bonchev–Trinajstić information content (AvgIpc) is 2.01. The van der Waals surface area contributed by atoms with Crippen LogP contribution in [0, 0.1) is 3.57 Å². The van der Waals surface area contributed by atoms with Gasteiger partial charge in [0.2, 0.25) is 0 Å². The number of benzene rings is 1. The van der Waals surface area contributed by atoms with Gasteiger partial charge in [-0.05, 0) is 28.7 Å². The summed E-state index contributed by atoms with van der Waals surface area (Å²) in [6.07, 6.45) is 0. The first-order chi connectivity index (χ1) is 5.95. The maximum absolute atomic E-state index is 10.7. The molecule has 0 atom stereocenters. The van der Waals surface area contributed by atoms with E-state index in [1.165, 1.54) is 6.07 Å². The molecule has 1 rings (SSSR count). The fourth-order valence-corrected chi connectivity index (χ4v) is 2.02. The van der Waals surface area contributed by atoms with Gasteiger partial charge in [0.1, 0.15) is 5.56 Å². The molecular weight excluding hydrogens is 328 g/mol. The molecule has 3 nitrogen and oxygen atoms in total. The number of hydrogen-bond donors (Lipinski definition) is 2. The second-order valence-corrected chi connectivity index (χ2v) is 4.20. The molecule has 6 heteroatoms. The van der Waals surface area contributed by atoms with E-state index in [0.717, 1.165) is 0 Å². The van der Waals surface area contributed by atoms with Crippen molar-refractivity contribution in [3.63, 3.8) is 0 Å². The highest BCUT2D eigenvalue weighted by atomic mass is 127. The molecule has 0 unspecified atom stereocenters. The zero-order chi connectivity index (χ0) is 10.2. The monoisotopic (exact) mass is 331 g/mol. The number of aromatic carboxylic acids is 1. The molecule has 70 valence electrons. The molecule has 1 aromatic rings. The molecule has 0 saturated carbocycles. The second kappa shape index (κ2) is 3.89. The summed E-state index contributed by atoms with van der Waals surface area (Å²) in [4.78, 5) is 10.7. The molecule has 0 amide bonds. The Balaban J connectivity index is 3.56. The van der Waals surface area contributed by atoms with E-state index in [1.54, 1.807) is 0 Å². The molecule has 0 fully saturated rings. The summed E-state index contributed by atoms with van der Waals surface area (Å²) >= 11 is 13.2. The van der Waals surface area contributed by atoms with E-state index in [9.17, 15) is 4.79 Å². The highest BCUT2D eigenvalue weighted by molar-refractivity contribution is 14.1. The van der Waals surface area contributed by atoms with Crippen LogP contribution in [0.5, 0.6) is 0 Å². The maximum Gasteiger partial charge on any atom is 0.339 e. The van der Waals surface area contributed by atoms with Crippen LogP contribution < -0.4 is 5.73 Å². The average molecular weight is 332 g/mol. The Morgan fingerprint density at radius 3 is 2.54 bits per heavy atom. The number of rotatable bonds is 1. The van der Waals surface area contributed by atoms with Crippen LogP contribution in [0.3, 0.4) is 0 Å². The van der Waals surface area contributed by atoms with Crippen LogP contribution in [0.15, 0.2) is 6.07 Å². The van der Waals surface area contributed by atoms with Gasteiger partial charge in [-0.2, -0.15) is 0 Å². The van der Waals surface area contributed by atoms with Crippen molar-refractivity contribution in [1.29, 1.82) is 0 Å². The van der Waals surface area contributed by atoms with Gasteiger partial charge < -0.3 is 10.8 Å². The molecule has 0 bridgehead atoms. The zero-order valence-corrected chi connectivity index (χ0v) is 9.81. The number of hydrogen-bond acceptors (Lipinski definition) is 2. The maximum atomic E-state index is 10.7. The molecular formula is C7H4Cl2INO2. The molecule has 0 spiro atoms. The van der Waals surface area contributed by atoms with Gasteiger partial charge in [-0.1, -0.05) is 23.2 Å². The predicted octanol–water partition coefficient (Wildman–Crippen LogP) is 2.88. The van der Waals surface area contributed by atoms with E-state index in [-0.39, 0.29) is 21.3 Å². The lowest BCUT2D eigenvalue weighted by Gasteiger charge is -2.06. The van der Waals surface area contributed by atoms with Crippen molar-refractivity contribution in [3.05, 3.63) is 25.2 Å². The van der Waals surface area contributed by atoms with E-state index in [1.807, 2.05) is 22.6 Å². The largest absolute Gasteiger partial charge is 0.478 e. The third-order valence-corrected chi connectivity index (χ3v) is 3.10. The first-order valence-electron chi connectivity index (χ1n) is 3.11. The highest BCUT2D eigenvalue weighted by Crippen LogP contribution is 2.33. The molecule has 0 aliphatic rings. The Hall–Kier alpha value is -0.200. The first kappa shape index (κ1) is 10.9. The Bertz CT molecular complexity index is 355. The minimum atomic E-state index is -1.18. The lowest BCUT2D eigenvalue weighted by molar-refractivity contribution is 0.0698. The third kappa shape index (κ3) is 2.00. The predicted molar refractivity (Wildman–Crippen MR) is 60.6 cm³/mol. The van der Waals surface area contributed by atoms with Crippen LogP contribution in [0.1, 0.15) is 10.4 Å². The lowest BCUT2D eigenvalue weighted by Crippen LogP contribution is -2.05. The van der Waals surface area contributed by atoms with Gasteiger partial charge in [-0.15, -0.1) is 0 Å². The van der Waals surface area contributed by atoms with Crippen LogP contribution in [0.4, 0.5) is 5.69 Å². The van der Waals surface area contributed by atoms with Crippen LogP contribution in [0.2, 0.25) is 10.0 Å². The molecule has 0 aliphatic carbocycles. The van der Waals surface area contributed by atoms with Crippen molar-refractivity contribution in [2.24, 2.45) is 0 Å². The van der Waals surface area contributed by atoms with E-state index in [4.69, 9.17) is 34.0 Å². The normalized spacial score (nSPS) is 10.1. The fraction of sp³-hybridized carbons (Fsp3) is 0. The summed E-state index contributed by atoms with van der Waals surface area (Å²) in [6.45, 7) is 0. The third-order valence-electron chi connectivity index (χ3n) is 1.42. The van der Waals surface area contributed by atoms with Crippen molar-refractivity contribution in [3.8, 4) is 0 Å². The standard InChI is InChI=1S/C7H4Cl2INO2/c8-2-1-3(10)6(11)4(5(2)9)7(12)13/h1H,11H2,(H,12,13). The minimum Gasteiger partial charge on any atom is -0.478 e. The quantitative estimate of drug-likeness (QED) is 0.472. The Morgan fingerprint density at radius 2 is 2.08 bits per heavy atom. The van der Waals surface area contributed by atoms with Gasteiger partial charge in [0.25, 0.3) is 0 Å². The van der Waals surface area contributed by atoms with Crippen LogP contribution >= 0.6 is 45.8 Å². The summed E-state index contributed by atoms with van der Waals surface area (Å²) < 4.78 is 0.574. The van der Waals surface area contributed by atoms with Crippen molar-refractivity contribution in [2.75, 3.05) is 5.73 Å². The van der Waals surface area contributed by atoms with E-state index >= 15 is 0 Å². The minimum absolute atomic E-state index is 0.0212. The smallest absolute Gasteiger partial charge is 0.339 e. The van der Waals surface area contributed by atoms with Crippen molar-refractivity contribution in [1.82, 2.24) is 0 Å². The summed E-state index contributed by atoms with van der Waals surface area (Å²) in [5.74, 6) is -1.18. The SMILES string of the molecule is Nc1c(I)cc(Cl)c(Cl)c1C(=O)O. The summed E-state index contributed by atoms with van der Waals surface area (Å²) in [7, 11) is 0. The molecule has 0 heterocycles. The molecule has 0 radical (unpaired) electrons. The van der Waals surface area contributed by atoms with Gasteiger partial charge in [-0.3, -0.25) is 0 Å². The number of nitrogens with two attached hydrogens (primary N) is 1. The first-order valence-corrected chi connectivity index (χ1v) is 4.95. The van der Waals surface area contributed by atoms with Crippen molar-refractivity contribution >= 4 is 57.4 Å². The van der Waals surface area contributed by atoms with Gasteiger partial charge in [0.15, 0.2) is 0 Å². The Morgan fingerprint density at radius 1 is 1.54 bits per heavy atom. The van der Waals surface area contributed by atoms with Crippen LogP contribution in [0.25, 0.3) is 0 Å². The second-order valence-electron chi connectivity index (χ2n) is 2.25. The highest BCUT2D eigenvalue weighted by Gasteiger charge is 2.18. The number of carbonyl (C=O) groups is 1. The zero-order valence-electron chi connectivity index (χ0n) is 6.14. The lowest BCUT2D eigenvalue weighted by atomic mass is 10.2. The van der Waals surface area contributed by atoms with Gasteiger partial charge >= 0.3 is 5.97 Å². The number of halogens is 3. The molecule has 0 aromatic heterocycles. The molecule has 0 saturated heterocycles. The van der Waals surface area contributed by atoms with E-state index in [0.29, 0.717) is 3.57 Å². The number of nitrogen functional groups attached to an aromatic ring is 1.